The van der Waals surface area contributed by atoms with Crippen molar-refractivity contribution in [1.82, 2.24) is 9.62 Å². The lowest BCUT2D eigenvalue weighted by Crippen LogP contribution is -2.27. The van der Waals surface area contributed by atoms with Crippen LogP contribution in [0.15, 0.2) is 47.4 Å². The number of nitrogens with one attached hydrogen (secondary N) is 1. The van der Waals surface area contributed by atoms with Crippen LogP contribution in [0.3, 0.4) is 0 Å². The van der Waals surface area contributed by atoms with Crippen LogP contribution >= 0.6 is 0 Å². The first kappa shape index (κ1) is 19.9. The second-order valence-corrected chi connectivity index (χ2v) is 8.05. The molecular formula is C18H21FN2O4S. The van der Waals surface area contributed by atoms with Gasteiger partial charge in [0.15, 0.2) is 11.6 Å². The average Bonchev–Trinajstić information content (AvgIpc) is 2.61. The molecule has 2 aromatic rings. The molecule has 0 aliphatic rings. The molecule has 0 aliphatic heterocycles. The Kier molecular flexibility index (Phi) is 5.99. The van der Waals surface area contributed by atoms with Gasteiger partial charge in [0.05, 0.1) is 18.0 Å². The van der Waals surface area contributed by atoms with Crippen molar-refractivity contribution in [2.75, 3.05) is 21.2 Å². The molecular weight excluding hydrogens is 359 g/mol. The average molecular weight is 380 g/mol. The summed E-state index contributed by atoms with van der Waals surface area (Å²) in [5.74, 6) is -0.767. The number of hydrogen-bond donors (Lipinski definition) is 1. The molecule has 0 aliphatic carbocycles. The van der Waals surface area contributed by atoms with Gasteiger partial charge in [0.25, 0.3) is 5.91 Å². The number of hydrogen-bond acceptors (Lipinski definition) is 4. The van der Waals surface area contributed by atoms with E-state index in [2.05, 4.69) is 5.32 Å². The molecule has 1 amide bonds. The van der Waals surface area contributed by atoms with E-state index in [9.17, 15) is 17.6 Å². The molecule has 0 saturated heterocycles. The zero-order valence-corrected chi connectivity index (χ0v) is 15.8. The molecule has 0 unspecified atom stereocenters. The van der Waals surface area contributed by atoms with Crippen molar-refractivity contribution < 1.29 is 22.3 Å². The minimum atomic E-state index is -3.55. The molecule has 1 N–H and O–H groups in total. The van der Waals surface area contributed by atoms with E-state index < -0.39 is 21.9 Å². The van der Waals surface area contributed by atoms with Crippen LogP contribution in [0.1, 0.15) is 28.9 Å². The van der Waals surface area contributed by atoms with Gasteiger partial charge >= 0.3 is 0 Å². The molecule has 6 nitrogen and oxygen atoms in total. The van der Waals surface area contributed by atoms with Gasteiger partial charge in [-0.2, -0.15) is 0 Å². The molecule has 0 spiro atoms. The maximum absolute atomic E-state index is 13.8. The zero-order valence-electron chi connectivity index (χ0n) is 15.0. The number of nitrogens with zero attached hydrogens (tertiary/aromatic N) is 1. The standard InChI is InChI=1S/C18H21FN2O4S/c1-12(14-7-10-17(25-4)16(19)11-14)20-18(22)13-5-8-15(9-6-13)26(23,24)21(2)3/h5-12H,1-4H3,(H,20,22)/t12-/m1/s1. The van der Waals surface area contributed by atoms with E-state index in [0.717, 1.165) is 4.31 Å². The minimum absolute atomic E-state index is 0.101. The van der Waals surface area contributed by atoms with E-state index in [1.54, 1.807) is 13.0 Å². The number of ether oxygens (including phenoxy) is 1. The topological polar surface area (TPSA) is 75.7 Å². The van der Waals surface area contributed by atoms with Gasteiger partial charge < -0.3 is 10.1 Å². The van der Waals surface area contributed by atoms with Crippen molar-refractivity contribution in [3.05, 3.63) is 59.4 Å². The molecule has 0 bridgehead atoms. The van der Waals surface area contributed by atoms with Gasteiger partial charge in [-0.15, -0.1) is 0 Å². The normalized spacial score (nSPS) is 12.7. The summed E-state index contributed by atoms with van der Waals surface area (Å²) in [4.78, 5) is 12.4. The molecule has 8 heteroatoms. The van der Waals surface area contributed by atoms with Crippen molar-refractivity contribution in [1.29, 1.82) is 0 Å². The Bertz CT molecular complexity index is 896. The van der Waals surface area contributed by atoms with E-state index in [4.69, 9.17) is 4.74 Å². The minimum Gasteiger partial charge on any atom is -0.494 e. The Balaban J connectivity index is 2.13. The van der Waals surface area contributed by atoms with Gasteiger partial charge in [0.2, 0.25) is 10.0 Å². The van der Waals surface area contributed by atoms with E-state index in [0.29, 0.717) is 11.1 Å². The summed E-state index contributed by atoms with van der Waals surface area (Å²) in [7, 11) is 0.702. The second-order valence-electron chi connectivity index (χ2n) is 5.90. The molecule has 2 rings (SSSR count). The van der Waals surface area contributed by atoms with Crippen molar-refractivity contribution in [3.8, 4) is 5.75 Å². The summed E-state index contributed by atoms with van der Waals surface area (Å²) in [5, 5.41) is 2.75. The van der Waals surface area contributed by atoms with E-state index in [1.165, 1.54) is 57.6 Å². The van der Waals surface area contributed by atoms with Crippen LogP contribution < -0.4 is 10.1 Å². The first-order valence-corrected chi connectivity index (χ1v) is 9.27. The number of halogens is 1. The maximum Gasteiger partial charge on any atom is 0.251 e. The highest BCUT2D eigenvalue weighted by molar-refractivity contribution is 7.89. The summed E-state index contributed by atoms with van der Waals surface area (Å²) in [5.41, 5.74) is 0.895. The van der Waals surface area contributed by atoms with E-state index in [-0.39, 0.29) is 16.6 Å². The lowest BCUT2D eigenvalue weighted by Gasteiger charge is -2.16. The third kappa shape index (κ3) is 4.20. The number of carbonyl (C=O) groups is 1. The lowest BCUT2D eigenvalue weighted by molar-refractivity contribution is 0.0939. The summed E-state index contributed by atoms with van der Waals surface area (Å²) in [6.07, 6.45) is 0. The second kappa shape index (κ2) is 7.84. The first-order chi connectivity index (χ1) is 12.2. The van der Waals surface area contributed by atoms with Crippen LogP contribution in [0, 0.1) is 5.82 Å². The molecule has 0 radical (unpaired) electrons. The van der Waals surface area contributed by atoms with Crippen LogP contribution in [0.4, 0.5) is 4.39 Å². The first-order valence-electron chi connectivity index (χ1n) is 7.83. The van der Waals surface area contributed by atoms with Crippen LogP contribution in [0.2, 0.25) is 0 Å². The van der Waals surface area contributed by atoms with Crippen LogP contribution in [0.5, 0.6) is 5.75 Å². The van der Waals surface area contributed by atoms with Crippen molar-refractivity contribution in [2.24, 2.45) is 0 Å². The van der Waals surface area contributed by atoms with Crippen molar-refractivity contribution in [2.45, 2.75) is 17.9 Å². The third-order valence-electron chi connectivity index (χ3n) is 3.92. The van der Waals surface area contributed by atoms with Crippen LogP contribution in [-0.4, -0.2) is 39.8 Å². The molecule has 0 saturated carbocycles. The number of sulfonamides is 1. The third-order valence-corrected chi connectivity index (χ3v) is 5.75. The molecule has 26 heavy (non-hydrogen) atoms. The molecule has 1 atom stereocenters. The summed E-state index contributed by atoms with van der Waals surface area (Å²) in [6.45, 7) is 1.73. The zero-order chi connectivity index (χ0) is 19.5. The van der Waals surface area contributed by atoms with E-state index in [1.807, 2.05) is 0 Å². The van der Waals surface area contributed by atoms with Gasteiger partial charge in [-0.25, -0.2) is 17.1 Å². The number of methoxy groups -OCH3 is 1. The molecule has 0 aromatic heterocycles. The summed E-state index contributed by atoms with van der Waals surface area (Å²) < 4.78 is 43.8. The monoisotopic (exact) mass is 380 g/mol. The lowest BCUT2D eigenvalue weighted by atomic mass is 10.1. The number of rotatable bonds is 6. The summed E-state index contributed by atoms with van der Waals surface area (Å²) in [6, 6.07) is 9.65. The highest BCUT2D eigenvalue weighted by atomic mass is 32.2. The van der Waals surface area contributed by atoms with Gasteiger partial charge in [0, 0.05) is 19.7 Å². The smallest absolute Gasteiger partial charge is 0.251 e. The van der Waals surface area contributed by atoms with E-state index >= 15 is 0 Å². The Morgan fingerprint density at radius 1 is 1.15 bits per heavy atom. The fraction of sp³-hybridized carbons (Fsp3) is 0.278. The van der Waals surface area contributed by atoms with Gasteiger partial charge in [0.1, 0.15) is 0 Å². The highest BCUT2D eigenvalue weighted by Gasteiger charge is 2.18. The highest BCUT2D eigenvalue weighted by Crippen LogP contribution is 2.22. The molecule has 0 heterocycles. The van der Waals surface area contributed by atoms with Gasteiger partial charge in [-0.3, -0.25) is 4.79 Å². The number of amides is 1. The predicted octanol–water partition coefficient (Wildman–Crippen LogP) is 2.58. The molecule has 0 fully saturated rings. The van der Waals surface area contributed by atoms with Crippen LogP contribution in [-0.2, 0) is 10.0 Å². The quantitative estimate of drug-likeness (QED) is 0.836. The Hall–Kier alpha value is -2.45. The molecule has 2 aromatic carbocycles. The molecule has 140 valence electrons. The van der Waals surface area contributed by atoms with Crippen LogP contribution in [0.25, 0.3) is 0 Å². The Morgan fingerprint density at radius 2 is 1.77 bits per heavy atom. The van der Waals surface area contributed by atoms with Gasteiger partial charge in [-0.05, 0) is 48.9 Å². The fourth-order valence-corrected chi connectivity index (χ4v) is 3.21. The SMILES string of the molecule is COc1ccc([C@@H](C)NC(=O)c2ccc(S(=O)(=O)N(C)C)cc2)cc1F. The maximum atomic E-state index is 13.8. The van der Waals surface area contributed by atoms with Crippen molar-refractivity contribution >= 4 is 15.9 Å². The fourth-order valence-electron chi connectivity index (χ4n) is 2.30. The van der Waals surface area contributed by atoms with Gasteiger partial charge in [-0.1, -0.05) is 6.07 Å². The largest absolute Gasteiger partial charge is 0.494 e. The van der Waals surface area contributed by atoms with Crippen molar-refractivity contribution in [3.63, 3.8) is 0 Å². The summed E-state index contributed by atoms with van der Waals surface area (Å²) >= 11 is 0. The Morgan fingerprint density at radius 3 is 2.27 bits per heavy atom. The number of benzene rings is 2. The Labute approximate surface area is 152 Å². The number of carbonyl (C=O) groups excluding carboxylic acids is 1. The predicted molar refractivity (Wildman–Crippen MR) is 96.1 cm³/mol.